The number of aliphatic hydroxyl groups excluding tert-OH is 5. The Balaban J connectivity index is 2.38. The van der Waals surface area contributed by atoms with Gasteiger partial charge in [0.05, 0.1) is 13.2 Å². The molecule has 0 amide bonds. The van der Waals surface area contributed by atoms with Crippen LogP contribution in [0.25, 0.3) is 0 Å². The van der Waals surface area contributed by atoms with Crippen LogP contribution in [-0.2, 0) is 27.9 Å². The fraction of sp³-hybridized carbons (Fsp3) is 0.667. The quantitative estimate of drug-likeness (QED) is 0.0148. The van der Waals surface area contributed by atoms with Crippen LogP contribution in [0, 0.1) is 0 Å². The highest BCUT2D eigenvalue weighted by Gasteiger charge is 2.51. The molecule has 6 N–H and O–H groups in total. The van der Waals surface area contributed by atoms with E-state index in [1.54, 1.807) is 0 Å². The first-order valence-corrected chi connectivity index (χ1v) is 25.6. The normalized spacial score (nSPS) is 22.6. The number of phosphoric ester groups is 1. The summed E-state index contributed by atoms with van der Waals surface area (Å²) in [6, 6.07) is 0. The standard InChI is InChI=1S/C51H85O12P/c1-3-5-7-9-11-13-15-17-19-20-21-22-23-24-25-26-27-28-30-32-34-36-38-40-45(52)62-44(42-60-41-39-37-35-33-31-29-18-16-14-12-10-8-6-4-2)43-61-64(58,59)63-51-49(56)47(54)46(53)48(55)50(51)57/h5-8,11-14,17-19,21-22,24-25,29,44,46-51,53-57H,3-4,9-10,15-16,20,23,26-28,30-43H2,1-2H3,(H,58,59)/b7-5-,8-6-,13-11-,14-12-,19-17-,22-21-,25-24-,29-18-. The summed E-state index contributed by atoms with van der Waals surface area (Å²) in [5, 5.41) is 50.2. The van der Waals surface area contributed by atoms with Crippen LogP contribution < -0.4 is 0 Å². The van der Waals surface area contributed by atoms with E-state index < -0.39 is 63.1 Å². The van der Waals surface area contributed by atoms with E-state index in [0.717, 1.165) is 128 Å². The van der Waals surface area contributed by atoms with Gasteiger partial charge in [0.1, 0.15) is 42.7 Å². The van der Waals surface area contributed by atoms with Gasteiger partial charge >= 0.3 is 13.8 Å². The third-order valence-electron chi connectivity index (χ3n) is 10.5. The van der Waals surface area contributed by atoms with Gasteiger partial charge in [0.15, 0.2) is 0 Å². The van der Waals surface area contributed by atoms with Gasteiger partial charge in [0.2, 0.25) is 0 Å². The van der Waals surface area contributed by atoms with Gasteiger partial charge in [-0.05, 0) is 89.9 Å². The molecule has 0 aromatic carbocycles. The number of hydrogen-bond donors (Lipinski definition) is 6. The number of phosphoric acid groups is 1. The minimum Gasteiger partial charge on any atom is -0.457 e. The van der Waals surface area contributed by atoms with Crippen molar-refractivity contribution >= 4 is 13.8 Å². The summed E-state index contributed by atoms with van der Waals surface area (Å²) in [5.41, 5.74) is 0. The summed E-state index contributed by atoms with van der Waals surface area (Å²) >= 11 is 0. The third kappa shape index (κ3) is 32.0. The third-order valence-corrected chi connectivity index (χ3v) is 11.4. The number of ether oxygens (including phenoxy) is 2. The molecule has 0 radical (unpaired) electrons. The molecular formula is C51H85O12P. The number of carbonyl (C=O) groups is 1. The summed E-state index contributed by atoms with van der Waals surface area (Å²) in [6.45, 7) is 3.95. The lowest BCUT2D eigenvalue weighted by Crippen LogP contribution is -2.64. The van der Waals surface area contributed by atoms with Crippen molar-refractivity contribution in [2.24, 2.45) is 0 Å². The van der Waals surface area contributed by atoms with E-state index in [1.165, 1.54) is 0 Å². The maximum Gasteiger partial charge on any atom is 0.472 e. The average molecular weight is 921 g/mol. The van der Waals surface area contributed by atoms with Crippen molar-refractivity contribution < 1.29 is 58.3 Å². The molecule has 1 aliphatic carbocycles. The van der Waals surface area contributed by atoms with Crippen molar-refractivity contribution in [3.63, 3.8) is 0 Å². The molecule has 0 aliphatic heterocycles. The fourth-order valence-electron chi connectivity index (χ4n) is 6.69. The van der Waals surface area contributed by atoms with Crippen LogP contribution in [0.2, 0.25) is 0 Å². The Hall–Kier alpha value is -2.74. The van der Waals surface area contributed by atoms with Crippen LogP contribution in [-0.4, -0.2) is 98.9 Å². The molecule has 1 saturated carbocycles. The van der Waals surface area contributed by atoms with Crippen molar-refractivity contribution in [3.8, 4) is 0 Å². The van der Waals surface area contributed by atoms with Gasteiger partial charge < -0.3 is 39.9 Å². The number of aliphatic hydroxyl groups is 5. The Morgan fingerprint density at radius 2 is 0.875 bits per heavy atom. The predicted octanol–water partition coefficient (Wildman–Crippen LogP) is 10.3. The Kier molecular flexibility index (Phi) is 37.5. The Labute approximate surface area is 385 Å². The minimum atomic E-state index is -5.04. The fourth-order valence-corrected chi connectivity index (χ4v) is 7.66. The first-order chi connectivity index (χ1) is 31.0. The Bertz CT molecular complexity index is 1420. The van der Waals surface area contributed by atoms with Gasteiger partial charge in [-0.3, -0.25) is 13.8 Å². The zero-order chi connectivity index (χ0) is 46.9. The van der Waals surface area contributed by atoms with Crippen LogP contribution in [0.1, 0.15) is 155 Å². The lowest BCUT2D eigenvalue weighted by molar-refractivity contribution is -0.220. The second kappa shape index (κ2) is 40.5. The topological polar surface area (TPSA) is 192 Å². The summed E-state index contributed by atoms with van der Waals surface area (Å²) < 4.78 is 34.2. The van der Waals surface area contributed by atoms with Crippen LogP contribution in [0.3, 0.4) is 0 Å². The minimum absolute atomic E-state index is 0.103. The molecule has 1 rings (SSSR count). The van der Waals surface area contributed by atoms with E-state index >= 15 is 0 Å². The van der Waals surface area contributed by atoms with E-state index in [-0.39, 0.29) is 13.0 Å². The molecule has 1 aliphatic rings. The summed E-state index contributed by atoms with van der Waals surface area (Å²) in [7, 11) is -5.04. The van der Waals surface area contributed by atoms with Gasteiger partial charge in [-0.1, -0.05) is 156 Å². The van der Waals surface area contributed by atoms with E-state index in [1.807, 2.05) is 0 Å². The van der Waals surface area contributed by atoms with E-state index in [9.17, 15) is 39.8 Å². The van der Waals surface area contributed by atoms with Crippen molar-refractivity contribution in [3.05, 3.63) is 97.2 Å². The molecule has 366 valence electrons. The zero-order valence-corrected chi connectivity index (χ0v) is 39.9. The Morgan fingerprint density at radius 3 is 1.33 bits per heavy atom. The number of carbonyl (C=O) groups excluding carboxylic acids is 1. The molecule has 0 bridgehead atoms. The lowest BCUT2D eigenvalue weighted by atomic mass is 9.85. The van der Waals surface area contributed by atoms with Crippen LogP contribution >= 0.6 is 7.82 Å². The molecule has 12 nitrogen and oxygen atoms in total. The highest BCUT2D eigenvalue weighted by Crippen LogP contribution is 2.47. The number of esters is 1. The van der Waals surface area contributed by atoms with Crippen molar-refractivity contribution in [1.82, 2.24) is 0 Å². The molecule has 6 unspecified atom stereocenters. The molecule has 64 heavy (non-hydrogen) atoms. The first kappa shape index (κ1) is 59.3. The second-order valence-corrected chi connectivity index (χ2v) is 17.6. The lowest BCUT2D eigenvalue weighted by Gasteiger charge is -2.41. The second-order valence-electron chi connectivity index (χ2n) is 16.2. The van der Waals surface area contributed by atoms with Gasteiger partial charge in [-0.2, -0.15) is 0 Å². The predicted molar refractivity (Wildman–Crippen MR) is 257 cm³/mol. The summed E-state index contributed by atoms with van der Waals surface area (Å²) in [6.07, 6.45) is 43.3. The van der Waals surface area contributed by atoms with Crippen LogP contribution in [0.5, 0.6) is 0 Å². The maximum atomic E-state index is 12.8. The van der Waals surface area contributed by atoms with Gasteiger partial charge in [-0.15, -0.1) is 0 Å². The smallest absolute Gasteiger partial charge is 0.457 e. The molecule has 0 aromatic rings. The SMILES string of the molecule is CC/C=C\C/C=C\C/C=C\C/C=C\C/C=C\CCCCCCCCCC(=O)OC(COCCCCCC/C=C\C/C=C\C/C=C\CC)COP(=O)(O)OC1C(O)C(O)C(O)C(O)C1O. The average Bonchev–Trinajstić information content (AvgIpc) is 3.28. The maximum absolute atomic E-state index is 12.8. The molecular weight excluding hydrogens is 836 g/mol. The highest BCUT2D eigenvalue weighted by atomic mass is 31.2. The summed E-state index contributed by atoms with van der Waals surface area (Å²) in [5.74, 6) is -0.502. The van der Waals surface area contributed by atoms with Crippen LogP contribution in [0.4, 0.5) is 0 Å². The highest BCUT2D eigenvalue weighted by molar-refractivity contribution is 7.47. The molecule has 0 heterocycles. The van der Waals surface area contributed by atoms with Crippen molar-refractivity contribution in [2.45, 2.75) is 198 Å². The molecule has 0 spiro atoms. The van der Waals surface area contributed by atoms with Gasteiger partial charge in [-0.25, -0.2) is 4.57 Å². The number of rotatable bonds is 39. The molecule has 0 saturated heterocycles. The van der Waals surface area contributed by atoms with Gasteiger partial charge in [0.25, 0.3) is 0 Å². The molecule has 0 aromatic heterocycles. The van der Waals surface area contributed by atoms with Gasteiger partial charge in [0, 0.05) is 13.0 Å². The summed E-state index contributed by atoms with van der Waals surface area (Å²) in [4.78, 5) is 23.2. The molecule has 1 fully saturated rings. The van der Waals surface area contributed by atoms with E-state index in [2.05, 4.69) is 111 Å². The molecule has 13 heteroatoms. The molecule has 6 atom stereocenters. The van der Waals surface area contributed by atoms with Crippen LogP contribution in [0.15, 0.2) is 97.2 Å². The van der Waals surface area contributed by atoms with Crippen molar-refractivity contribution in [2.75, 3.05) is 19.8 Å². The number of hydrogen-bond acceptors (Lipinski definition) is 11. The van der Waals surface area contributed by atoms with Crippen molar-refractivity contribution in [1.29, 1.82) is 0 Å². The Morgan fingerprint density at radius 1 is 0.500 bits per heavy atom. The van der Waals surface area contributed by atoms with E-state index in [4.69, 9.17) is 18.5 Å². The number of unbranched alkanes of at least 4 members (excludes halogenated alkanes) is 11. The van der Waals surface area contributed by atoms with E-state index in [0.29, 0.717) is 13.0 Å². The largest absolute Gasteiger partial charge is 0.472 e. The zero-order valence-electron chi connectivity index (χ0n) is 39.0. The first-order valence-electron chi connectivity index (χ1n) is 24.1. The number of allylic oxidation sites excluding steroid dienone is 16. The monoisotopic (exact) mass is 921 g/mol.